The number of thiocarbonyl (C=S) groups is 1. The zero-order valence-corrected chi connectivity index (χ0v) is 9.22. The molecule has 1 rings (SSSR count). The highest BCUT2D eigenvalue weighted by Gasteiger charge is 2.40. The summed E-state index contributed by atoms with van der Waals surface area (Å²) < 4.78 is 5.32. The number of carbonyl (C=O) groups excluding carboxylic acids is 1. The van der Waals surface area contributed by atoms with Gasteiger partial charge in [0.05, 0.1) is 0 Å². The van der Waals surface area contributed by atoms with Crippen molar-refractivity contribution in [1.29, 1.82) is 0 Å². The fraction of sp³-hybridized carbons (Fsp3) is 0.778. The van der Waals surface area contributed by atoms with Crippen molar-refractivity contribution < 1.29 is 9.53 Å². The highest BCUT2D eigenvalue weighted by molar-refractivity contribution is 7.80. The van der Waals surface area contributed by atoms with E-state index in [1.54, 1.807) is 4.90 Å². The third-order valence-corrected chi connectivity index (χ3v) is 2.32. The molecule has 13 heavy (non-hydrogen) atoms. The SMILES string of the molecule is CC(C)C1OC(=S)N(C(C)C)C1=O. The zero-order valence-electron chi connectivity index (χ0n) is 8.40. The monoisotopic (exact) mass is 201 g/mol. The quantitative estimate of drug-likeness (QED) is 0.635. The molecule has 0 radical (unpaired) electrons. The van der Waals surface area contributed by atoms with Crippen molar-refractivity contribution in [3.05, 3.63) is 0 Å². The standard InChI is InChI=1S/C9H15NO2S/c1-5(2)7-8(11)10(6(3)4)9(13)12-7/h5-7H,1-4H3. The molecule has 1 aliphatic heterocycles. The normalized spacial score (nSPS) is 23.2. The molecule has 1 aliphatic rings. The molecule has 3 nitrogen and oxygen atoms in total. The smallest absolute Gasteiger partial charge is 0.271 e. The van der Waals surface area contributed by atoms with Gasteiger partial charge in [-0.15, -0.1) is 0 Å². The lowest BCUT2D eigenvalue weighted by molar-refractivity contribution is -0.132. The van der Waals surface area contributed by atoms with Crippen LogP contribution in [0.4, 0.5) is 0 Å². The van der Waals surface area contributed by atoms with Crippen LogP contribution in [0.1, 0.15) is 27.7 Å². The second kappa shape index (κ2) is 3.62. The fourth-order valence-electron chi connectivity index (χ4n) is 1.33. The van der Waals surface area contributed by atoms with Crippen LogP contribution >= 0.6 is 12.2 Å². The van der Waals surface area contributed by atoms with Crippen LogP contribution in [0.25, 0.3) is 0 Å². The van der Waals surface area contributed by atoms with Gasteiger partial charge in [0.2, 0.25) is 0 Å². The van der Waals surface area contributed by atoms with Crippen LogP contribution in [0.5, 0.6) is 0 Å². The van der Waals surface area contributed by atoms with E-state index in [1.165, 1.54) is 0 Å². The summed E-state index contributed by atoms with van der Waals surface area (Å²) in [5.41, 5.74) is 0. The molecule has 1 amide bonds. The lowest BCUT2D eigenvalue weighted by Gasteiger charge is -2.17. The molecule has 0 bridgehead atoms. The van der Waals surface area contributed by atoms with Crippen molar-refractivity contribution >= 4 is 23.3 Å². The summed E-state index contributed by atoms with van der Waals surface area (Å²) in [4.78, 5) is 13.3. The Morgan fingerprint density at radius 2 is 1.92 bits per heavy atom. The summed E-state index contributed by atoms with van der Waals surface area (Å²) in [6.07, 6.45) is -0.380. The van der Waals surface area contributed by atoms with Crippen LogP contribution in [0.2, 0.25) is 0 Å². The van der Waals surface area contributed by atoms with Gasteiger partial charge in [0.15, 0.2) is 6.10 Å². The molecule has 1 unspecified atom stereocenters. The van der Waals surface area contributed by atoms with E-state index in [0.29, 0.717) is 5.17 Å². The maximum atomic E-state index is 11.7. The summed E-state index contributed by atoms with van der Waals surface area (Å²) in [6, 6.07) is 0.0868. The van der Waals surface area contributed by atoms with E-state index in [9.17, 15) is 4.79 Å². The number of nitrogens with zero attached hydrogens (tertiary/aromatic N) is 1. The van der Waals surface area contributed by atoms with Gasteiger partial charge in [-0.2, -0.15) is 0 Å². The van der Waals surface area contributed by atoms with Crippen LogP contribution in [0.15, 0.2) is 0 Å². The molecule has 0 saturated carbocycles. The minimum atomic E-state index is -0.380. The van der Waals surface area contributed by atoms with E-state index in [2.05, 4.69) is 0 Å². The number of rotatable bonds is 2. The highest BCUT2D eigenvalue weighted by atomic mass is 32.1. The van der Waals surface area contributed by atoms with Gasteiger partial charge >= 0.3 is 0 Å². The summed E-state index contributed by atoms with van der Waals surface area (Å²) in [6.45, 7) is 7.76. The van der Waals surface area contributed by atoms with Crippen molar-refractivity contribution in [2.75, 3.05) is 0 Å². The van der Waals surface area contributed by atoms with Crippen LogP contribution in [-0.2, 0) is 9.53 Å². The molecule has 4 heteroatoms. The third kappa shape index (κ3) is 1.82. The Balaban J connectivity index is 2.82. The van der Waals surface area contributed by atoms with E-state index >= 15 is 0 Å². The van der Waals surface area contributed by atoms with Crippen LogP contribution in [0, 0.1) is 5.92 Å². The highest BCUT2D eigenvalue weighted by Crippen LogP contribution is 2.21. The first-order valence-corrected chi connectivity index (χ1v) is 4.89. The first-order valence-electron chi connectivity index (χ1n) is 4.48. The second-order valence-electron chi connectivity index (χ2n) is 3.85. The number of amides is 1. The molecule has 1 saturated heterocycles. The molecule has 1 heterocycles. The lowest BCUT2D eigenvalue weighted by Crippen LogP contribution is -2.38. The summed E-state index contributed by atoms with van der Waals surface area (Å²) >= 11 is 4.97. The molecule has 0 aromatic heterocycles. The first kappa shape index (κ1) is 10.4. The summed E-state index contributed by atoms with van der Waals surface area (Å²) in [7, 11) is 0. The number of carbonyl (C=O) groups is 1. The Bertz CT molecular complexity index is 238. The Kier molecular flexibility index (Phi) is 2.91. The number of hydrogen-bond donors (Lipinski definition) is 0. The van der Waals surface area contributed by atoms with Gasteiger partial charge in [-0.3, -0.25) is 9.69 Å². The average Bonchev–Trinajstić information content (AvgIpc) is 2.26. The summed E-state index contributed by atoms with van der Waals surface area (Å²) in [5, 5.41) is 0.318. The summed E-state index contributed by atoms with van der Waals surface area (Å²) in [5.74, 6) is 0.171. The molecule has 0 aromatic rings. The maximum Gasteiger partial charge on any atom is 0.271 e. The lowest BCUT2D eigenvalue weighted by atomic mass is 10.1. The number of hydrogen-bond acceptors (Lipinski definition) is 3. The molecule has 0 aromatic carbocycles. The minimum absolute atomic E-state index is 0.00463. The van der Waals surface area contributed by atoms with Crippen LogP contribution in [-0.4, -0.2) is 28.1 Å². The van der Waals surface area contributed by atoms with E-state index in [-0.39, 0.29) is 24.0 Å². The Labute approximate surface area is 84.0 Å². The predicted molar refractivity (Wildman–Crippen MR) is 54.3 cm³/mol. The maximum absolute atomic E-state index is 11.7. The van der Waals surface area contributed by atoms with Crippen molar-refractivity contribution in [2.24, 2.45) is 5.92 Å². The Morgan fingerprint density at radius 3 is 2.15 bits per heavy atom. The van der Waals surface area contributed by atoms with E-state index in [0.717, 1.165) is 0 Å². The van der Waals surface area contributed by atoms with Gasteiger partial charge in [-0.1, -0.05) is 13.8 Å². The largest absolute Gasteiger partial charge is 0.457 e. The minimum Gasteiger partial charge on any atom is -0.457 e. The Hall–Kier alpha value is -0.640. The molecule has 74 valence electrons. The van der Waals surface area contributed by atoms with Gasteiger partial charge in [-0.25, -0.2) is 0 Å². The van der Waals surface area contributed by atoms with Gasteiger partial charge in [0.1, 0.15) is 0 Å². The first-order chi connectivity index (χ1) is 5.95. The van der Waals surface area contributed by atoms with Crippen molar-refractivity contribution in [3.8, 4) is 0 Å². The van der Waals surface area contributed by atoms with Gasteiger partial charge in [0.25, 0.3) is 11.1 Å². The van der Waals surface area contributed by atoms with Gasteiger partial charge in [0, 0.05) is 6.04 Å². The molecule has 1 atom stereocenters. The van der Waals surface area contributed by atoms with E-state index in [1.807, 2.05) is 27.7 Å². The topological polar surface area (TPSA) is 29.5 Å². The van der Waals surface area contributed by atoms with Crippen molar-refractivity contribution in [3.63, 3.8) is 0 Å². The third-order valence-electron chi connectivity index (χ3n) is 2.03. The van der Waals surface area contributed by atoms with Crippen LogP contribution < -0.4 is 0 Å². The molecule has 0 spiro atoms. The van der Waals surface area contributed by atoms with E-state index in [4.69, 9.17) is 17.0 Å². The van der Waals surface area contributed by atoms with Crippen LogP contribution in [0.3, 0.4) is 0 Å². The molecule has 1 fully saturated rings. The second-order valence-corrected chi connectivity index (χ2v) is 4.20. The molecule has 0 N–H and O–H groups in total. The number of ether oxygens (including phenoxy) is 1. The average molecular weight is 201 g/mol. The van der Waals surface area contributed by atoms with Gasteiger partial charge in [-0.05, 0) is 32.0 Å². The molecule has 0 aliphatic carbocycles. The Morgan fingerprint density at radius 1 is 1.38 bits per heavy atom. The molecular weight excluding hydrogens is 186 g/mol. The van der Waals surface area contributed by atoms with Gasteiger partial charge < -0.3 is 4.74 Å². The predicted octanol–water partition coefficient (Wildman–Crippen LogP) is 1.56. The van der Waals surface area contributed by atoms with Crippen molar-refractivity contribution in [2.45, 2.75) is 39.8 Å². The van der Waals surface area contributed by atoms with E-state index < -0.39 is 0 Å². The molecular formula is C9H15NO2S. The van der Waals surface area contributed by atoms with Crippen molar-refractivity contribution in [1.82, 2.24) is 4.90 Å². The zero-order chi connectivity index (χ0) is 10.2. The fourth-order valence-corrected chi connectivity index (χ4v) is 1.73.